The number of ketones is 1. The Kier molecular flexibility index (Phi) is 3.86. The Morgan fingerprint density at radius 1 is 1.33 bits per heavy atom. The van der Waals surface area contributed by atoms with Gasteiger partial charge in [0.2, 0.25) is 0 Å². The van der Waals surface area contributed by atoms with Gasteiger partial charge in [0.05, 0.1) is 5.56 Å². The average molecular weight is 227 g/mol. The highest BCUT2D eigenvalue weighted by atomic mass is 35.5. The summed E-state index contributed by atoms with van der Waals surface area (Å²) in [7, 11) is 0. The van der Waals surface area contributed by atoms with Crippen LogP contribution in [-0.4, -0.2) is 22.7 Å². The van der Waals surface area contributed by atoms with Crippen molar-refractivity contribution in [3.63, 3.8) is 0 Å². The zero-order valence-corrected chi connectivity index (χ0v) is 9.04. The van der Waals surface area contributed by atoms with Gasteiger partial charge in [-0.25, -0.2) is 4.79 Å². The summed E-state index contributed by atoms with van der Waals surface area (Å²) in [6.45, 7) is 1.81. The van der Waals surface area contributed by atoms with Crippen molar-refractivity contribution in [2.24, 2.45) is 0 Å². The lowest BCUT2D eigenvalue weighted by atomic mass is 10.00. The number of aromatic carboxylic acids is 1. The van der Waals surface area contributed by atoms with Gasteiger partial charge < -0.3 is 5.11 Å². The third kappa shape index (κ3) is 2.80. The Balaban J connectivity index is 3.18. The molecule has 0 amide bonds. The minimum absolute atomic E-state index is 0.0377. The molecule has 0 atom stereocenters. The Hall–Kier alpha value is -1.35. The summed E-state index contributed by atoms with van der Waals surface area (Å²) in [5, 5.41) is 8.89. The lowest BCUT2D eigenvalue weighted by Crippen LogP contribution is -2.09. The fourth-order valence-electron chi connectivity index (χ4n) is 1.30. The fourth-order valence-corrected chi connectivity index (χ4v) is 1.47. The Morgan fingerprint density at radius 3 is 2.53 bits per heavy atom. The minimum atomic E-state index is -1.09. The van der Waals surface area contributed by atoms with Gasteiger partial charge in [-0.3, -0.25) is 4.79 Å². The van der Waals surface area contributed by atoms with Crippen LogP contribution in [0.25, 0.3) is 0 Å². The molecule has 0 aliphatic carbocycles. The van der Waals surface area contributed by atoms with Gasteiger partial charge >= 0.3 is 5.97 Å². The predicted octanol–water partition coefficient (Wildman–Crippen LogP) is 2.50. The van der Waals surface area contributed by atoms with E-state index in [1.807, 2.05) is 6.92 Å². The molecule has 80 valence electrons. The number of hydrogen-bond acceptors (Lipinski definition) is 2. The minimum Gasteiger partial charge on any atom is -0.478 e. The van der Waals surface area contributed by atoms with Crippen LogP contribution in [0.3, 0.4) is 0 Å². The number of aryl methyl sites for hydroxylation is 1. The van der Waals surface area contributed by atoms with Crippen LogP contribution < -0.4 is 0 Å². The first kappa shape index (κ1) is 11.7. The summed E-state index contributed by atoms with van der Waals surface area (Å²) in [6.07, 6.45) is 0.158. The predicted molar refractivity (Wildman–Crippen MR) is 57.8 cm³/mol. The number of carbonyl (C=O) groups is 2. The molecule has 0 fully saturated rings. The number of carboxylic acid groups (broad SMARTS) is 1. The standard InChI is InChI=1S/C11H11ClO3/c1-7-2-3-8(11(14)15)9(6-7)10(13)4-5-12/h2-3,6H,4-5H2,1H3,(H,14,15). The number of halogens is 1. The normalized spacial score (nSPS) is 10.0. The van der Waals surface area contributed by atoms with Gasteiger partial charge in [0.25, 0.3) is 0 Å². The monoisotopic (exact) mass is 226 g/mol. The van der Waals surface area contributed by atoms with Gasteiger partial charge in [-0.15, -0.1) is 11.6 Å². The van der Waals surface area contributed by atoms with E-state index in [0.717, 1.165) is 5.56 Å². The van der Waals surface area contributed by atoms with Crippen LogP contribution in [0.15, 0.2) is 18.2 Å². The van der Waals surface area contributed by atoms with Crippen molar-refractivity contribution in [2.75, 3.05) is 5.88 Å². The second-order valence-electron chi connectivity index (χ2n) is 3.22. The van der Waals surface area contributed by atoms with Gasteiger partial charge in [0.15, 0.2) is 5.78 Å². The number of benzene rings is 1. The molecule has 0 radical (unpaired) electrons. The van der Waals surface area contributed by atoms with Crippen molar-refractivity contribution in [1.29, 1.82) is 0 Å². The smallest absolute Gasteiger partial charge is 0.336 e. The van der Waals surface area contributed by atoms with E-state index >= 15 is 0 Å². The molecule has 4 heteroatoms. The maximum Gasteiger partial charge on any atom is 0.336 e. The topological polar surface area (TPSA) is 54.4 Å². The number of carbonyl (C=O) groups excluding carboxylic acids is 1. The summed E-state index contributed by atoms with van der Waals surface area (Å²) >= 11 is 5.45. The van der Waals surface area contributed by atoms with Crippen molar-refractivity contribution in [3.8, 4) is 0 Å². The van der Waals surface area contributed by atoms with Crippen molar-refractivity contribution in [1.82, 2.24) is 0 Å². The molecular formula is C11H11ClO3. The van der Waals surface area contributed by atoms with Gasteiger partial charge in [-0.05, 0) is 19.1 Å². The van der Waals surface area contributed by atoms with Crippen LogP contribution in [-0.2, 0) is 0 Å². The molecule has 0 saturated carbocycles. The lowest BCUT2D eigenvalue weighted by Gasteiger charge is -2.05. The van der Waals surface area contributed by atoms with Gasteiger partial charge in [-0.2, -0.15) is 0 Å². The number of rotatable bonds is 4. The summed E-state index contributed by atoms with van der Waals surface area (Å²) in [5.41, 5.74) is 1.14. The zero-order chi connectivity index (χ0) is 11.4. The molecule has 0 unspecified atom stereocenters. The maximum atomic E-state index is 11.6. The molecule has 0 heterocycles. The van der Waals surface area contributed by atoms with E-state index in [1.165, 1.54) is 6.07 Å². The highest BCUT2D eigenvalue weighted by Crippen LogP contribution is 2.14. The first-order chi connectivity index (χ1) is 7.06. The summed E-state index contributed by atoms with van der Waals surface area (Å²) in [5.74, 6) is -1.12. The molecule has 0 aliphatic rings. The van der Waals surface area contributed by atoms with Crippen LogP contribution in [0, 0.1) is 6.92 Å². The molecule has 0 aromatic heterocycles. The maximum absolute atomic E-state index is 11.6. The first-order valence-corrected chi connectivity index (χ1v) is 5.03. The second-order valence-corrected chi connectivity index (χ2v) is 3.59. The first-order valence-electron chi connectivity index (χ1n) is 4.49. The van der Waals surface area contributed by atoms with E-state index in [-0.39, 0.29) is 29.2 Å². The molecule has 0 aliphatic heterocycles. The largest absolute Gasteiger partial charge is 0.478 e. The number of Topliss-reactive ketones (excluding diaryl/α,β-unsaturated/α-hetero) is 1. The van der Waals surface area contributed by atoms with Crippen molar-refractivity contribution in [2.45, 2.75) is 13.3 Å². The third-order valence-electron chi connectivity index (χ3n) is 2.03. The van der Waals surface area contributed by atoms with Crippen molar-refractivity contribution >= 4 is 23.4 Å². The molecule has 15 heavy (non-hydrogen) atoms. The average Bonchev–Trinajstić information content (AvgIpc) is 2.17. The van der Waals surface area contributed by atoms with Crippen LogP contribution >= 0.6 is 11.6 Å². The Bertz CT molecular complexity index is 399. The summed E-state index contributed by atoms with van der Waals surface area (Å²) in [6, 6.07) is 4.69. The van der Waals surface area contributed by atoms with Crippen molar-refractivity contribution in [3.05, 3.63) is 34.9 Å². The Labute approximate surface area is 92.7 Å². The van der Waals surface area contributed by atoms with E-state index < -0.39 is 5.97 Å². The summed E-state index contributed by atoms with van der Waals surface area (Å²) in [4.78, 5) is 22.4. The van der Waals surface area contributed by atoms with Crippen LogP contribution in [0.5, 0.6) is 0 Å². The molecule has 1 N–H and O–H groups in total. The summed E-state index contributed by atoms with van der Waals surface area (Å²) < 4.78 is 0. The molecule has 0 bridgehead atoms. The van der Waals surface area contributed by atoms with Crippen LogP contribution in [0.1, 0.15) is 32.7 Å². The second kappa shape index (κ2) is 4.94. The van der Waals surface area contributed by atoms with E-state index in [9.17, 15) is 9.59 Å². The molecule has 1 rings (SSSR count). The van der Waals surface area contributed by atoms with E-state index in [4.69, 9.17) is 16.7 Å². The molecular weight excluding hydrogens is 216 g/mol. The van der Waals surface area contributed by atoms with Gasteiger partial charge in [0.1, 0.15) is 0 Å². The van der Waals surface area contributed by atoms with Gasteiger partial charge in [0, 0.05) is 17.9 Å². The SMILES string of the molecule is Cc1ccc(C(=O)O)c(C(=O)CCCl)c1. The van der Waals surface area contributed by atoms with E-state index in [0.29, 0.717) is 0 Å². The molecule has 1 aromatic rings. The van der Waals surface area contributed by atoms with Crippen LogP contribution in [0.4, 0.5) is 0 Å². The zero-order valence-electron chi connectivity index (χ0n) is 8.29. The lowest BCUT2D eigenvalue weighted by molar-refractivity contribution is 0.0692. The molecule has 3 nitrogen and oxygen atoms in total. The number of alkyl halides is 1. The highest BCUT2D eigenvalue weighted by Gasteiger charge is 2.15. The highest BCUT2D eigenvalue weighted by molar-refractivity contribution is 6.20. The fraction of sp³-hybridized carbons (Fsp3) is 0.273. The number of hydrogen-bond donors (Lipinski definition) is 1. The quantitative estimate of drug-likeness (QED) is 0.634. The van der Waals surface area contributed by atoms with E-state index in [2.05, 4.69) is 0 Å². The number of carboxylic acids is 1. The van der Waals surface area contributed by atoms with E-state index in [1.54, 1.807) is 12.1 Å². The molecule has 0 saturated heterocycles. The van der Waals surface area contributed by atoms with Crippen LogP contribution in [0.2, 0.25) is 0 Å². The Morgan fingerprint density at radius 2 is 2.00 bits per heavy atom. The molecule has 0 spiro atoms. The third-order valence-corrected chi connectivity index (χ3v) is 2.22. The van der Waals surface area contributed by atoms with Gasteiger partial charge in [-0.1, -0.05) is 11.6 Å². The van der Waals surface area contributed by atoms with Crippen molar-refractivity contribution < 1.29 is 14.7 Å². The molecule has 1 aromatic carbocycles.